The minimum atomic E-state index is 1.08. The van der Waals surface area contributed by atoms with E-state index in [0.29, 0.717) is 0 Å². The second kappa shape index (κ2) is 2.30. The number of hydrogen-bond donors (Lipinski definition) is 1. The Labute approximate surface area is 57.0 Å². The van der Waals surface area contributed by atoms with Crippen molar-refractivity contribution in [3.05, 3.63) is 0 Å². The summed E-state index contributed by atoms with van der Waals surface area (Å²) in [7, 11) is 0. The summed E-state index contributed by atoms with van der Waals surface area (Å²) < 4.78 is 0. The zero-order valence-electron chi connectivity index (χ0n) is 6.03. The van der Waals surface area contributed by atoms with Crippen LogP contribution in [0, 0.1) is 0 Å². The maximum absolute atomic E-state index is 1.92. The highest BCUT2D eigenvalue weighted by Crippen LogP contribution is 2.11. The highest BCUT2D eigenvalue weighted by atomic mass is 15.2. The van der Waals surface area contributed by atoms with E-state index < -0.39 is 0 Å². The lowest BCUT2D eigenvalue weighted by Crippen LogP contribution is -3.14. The van der Waals surface area contributed by atoms with Crippen molar-refractivity contribution in [1.29, 1.82) is 0 Å². The maximum atomic E-state index is 1.92. The van der Waals surface area contributed by atoms with Crippen LogP contribution in [0.2, 0.25) is 0 Å². The first-order valence-corrected chi connectivity index (χ1v) is 4.31. The van der Waals surface area contributed by atoms with Crippen LogP contribution >= 0.6 is 0 Å². The topological polar surface area (TPSA) is 4.44 Å². The van der Waals surface area contributed by atoms with E-state index in [1.807, 2.05) is 4.90 Å². The zero-order valence-corrected chi connectivity index (χ0v) is 6.03. The van der Waals surface area contributed by atoms with Crippen molar-refractivity contribution >= 4 is 0 Å². The normalized spacial score (nSPS) is 42.7. The van der Waals surface area contributed by atoms with Crippen molar-refractivity contribution in [2.75, 3.05) is 13.1 Å². The summed E-state index contributed by atoms with van der Waals surface area (Å²) in [6.07, 6.45) is 7.55. The molecule has 0 aromatic heterocycles. The Bertz CT molecular complexity index is 88.7. The third-order valence-electron chi connectivity index (χ3n) is 2.93. The van der Waals surface area contributed by atoms with Crippen molar-refractivity contribution in [1.82, 2.24) is 0 Å². The SMILES string of the molecule is C1CC[NH+]2CCCC2C1. The largest absolute Gasteiger partial charge is 0.333 e. The van der Waals surface area contributed by atoms with Crippen molar-refractivity contribution < 1.29 is 4.90 Å². The van der Waals surface area contributed by atoms with Gasteiger partial charge in [0.25, 0.3) is 0 Å². The lowest BCUT2D eigenvalue weighted by atomic mass is 10.0. The first-order chi connectivity index (χ1) is 4.47. The molecule has 0 aromatic rings. The van der Waals surface area contributed by atoms with Crippen LogP contribution in [0.1, 0.15) is 32.1 Å². The summed E-state index contributed by atoms with van der Waals surface area (Å²) in [6, 6.07) is 1.08. The van der Waals surface area contributed by atoms with Gasteiger partial charge in [0.05, 0.1) is 19.1 Å². The molecule has 0 radical (unpaired) electrons. The van der Waals surface area contributed by atoms with E-state index in [2.05, 4.69) is 0 Å². The van der Waals surface area contributed by atoms with Crippen LogP contribution < -0.4 is 4.90 Å². The summed E-state index contributed by atoms with van der Waals surface area (Å²) in [5.74, 6) is 0. The standard InChI is InChI=1S/C8H15N/c1-2-6-9-7-3-5-8(9)4-1/h8H,1-7H2/p+1. The number of nitrogens with one attached hydrogen (secondary N) is 1. The van der Waals surface area contributed by atoms with E-state index in [4.69, 9.17) is 0 Å². The zero-order chi connectivity index (χ0) is 6.10. The Morgan fingerprint density at radius 3 is 2.56 bits per heavy atom. The predicted molar refractivity (Wildman–Crippen MR) is 37.6 cm³/mol. The summed E-state index contributed by atoms with van der Waals surface area (Å²) in [4.78, 5) is 1.92. The molecule has 1 N–H and O–H groups in total. The molecule has 2 rings (SSSR count). The average Bonchev–Trinajstić information content (AvgIpc) is 2.33. The summed E-state index contributed by atoms with van der Waals surface area (Å²) in [6.45, 7) is 2.95. The minimum absolute atomic E-state index is 1.08. The van der Waals surface area contributed by atoms with Gasteiger partial charge in [0, 0.05) is 12.8 Å². The molecule has 2 aliphatic rings. The molecule has 0 amide bonds. The van der Waals surface area contributed by atoms with Crippen molar-refractivity contribution in [2.45, 2.75) is 38.1 Å². The summed E-state index contributed by atoms with van der Waals surface area (Å²) in [5.41, 5.74) is 0. The highest BCUT2D eigenvalue weighted by molar-refractivity contribution is 4.66. The molecule has 2 unspecified atom stereocenters. The van der Waals surface area contributed by atoms with Gasteiger partial charge in [-0.25, -0.2) is 0 Å². The molecule has 0 saturated carbocycles. The van der Waals surface area contributed by atoms with Crippen molar-refractivity contribution in [3.63, 3.8) is 0 Å². The van der Waals surface area contributed by atoms with Gasteiger partial charge < -0.3 is 4.90 Å². The molecule has 1 heteroatoms. The van der Waals surface area contributed by atoms with Gasteiger partial charge in [-0.05, 0) is 19.3 Å². The van der Waals surface area contributed by atoms with E-state index in [9.17, 15) is 0 Å². The number of piperidine rings is 1. The van der Waals surface area contributed by atoms with Crippen LogP contribution in [0.5, 0.6) is 0 Å². The van der Waals surface area contributed by atoms with E-state index in [0.717, 1.165) is 6.04 Å². The van der Waals surface area contributed by atoms with Gasteiger partial charge in [0.2, 0.25) is 0 Å². The van der Waals surface area contributed by atoms with Crippen LogP contribution in [0.25, 0.3) is 0 Å². The predicted octanol–water partition coefficient (Wildman–Crippen LogP) is 0.218. The fourth-order valence-electron chi connectivity index (χ4n) is 2.40. The minimum Gasteiger partial charge on any atom is -0.333 e. The second-order valence-corrected chi connectivity index (χ2v) is 3.49. The molecular formula is C8H16N+. The monoisotopic (exact) mass is 126 g/mol. The van der Waals surface area contributed by atoms with E-state index in [-0.39, 0.29) is 0 Å². The molecule has 0 aliphatic carbocycles. The lowest BCUT2D eigenvalue weighted by molar-refractivity contribution is -0.917. The van der Waals surface area contributed by atoms with Gasteiger partial charge in [0.1, 0.15) is 0 Å². The molecular weight excluding hydrogens is 110 g/mol. The van der Waals surface area contributed by atoms with Crippen LogP contribution in [0.4, 0.5) is 0 Å². The Morgan fingerprint density at radius 1 is 0.889 bits per heavy atom. The first kappa shape index (κ1) is 5.72. The molecule has 52 valence electrons. The van der Waals surface area contributed by atoms with Crippen LogP contribution in [-0.4, -0.2) is 19.1 Å². The van der Waals surface area contributed by atoms with Crippen LogP contribution in [-0.2, 0) is 0 Å². The Kier molecular flexibility index (Phi) is 1.46. The lowest BCUT2D eigenvalue weighted by Gasteiger charge is -2.25. The van der Waals surface area contributed by atoms with E-state index in [1.54, 1.807) is 0 Å². The molecule has 0 aromatic carbocycles. The Hall–Kier alpha value is -0.0400. The molecule has 0 bridgehead atoms. The van der Waals surface area contributed by atoms with Gasteiger partial charge in [-0.15, -0.1) is 0 Å². The third-order valence-corrected chi connectivity index (χ3v) is 2.93. The number of quaternary nitrogens is 1. The van der Waals surface area contributed by atoms with Gasteiger partial charge in [-0.3, -0.25) is 0 Å². The molecule has 9 heavy (non-hydrogen) atoms. The van der Waals surface area contributed by atoms with Gasteiger partial charge in [-0.1, -0.05) is 0 Å². The van der Waals surface area contributed by atoms with Gasteiger partial charge in [0.15, 0.2) is 0 Å². The van der Waals surface area contributed by atoms with E-state index >= 15 is 0 Å². The third kappa shape index (κ3) is 0.983. The smallest absolute Gasteiger partial charge is 0.0876 e. The molecule has 2 aliphatic heterocycles. The maximum Gasteiger partial charge on any atom is 0.0876 e. The van der Waals surface area contributed by atoms with Gasteiger partial charge >= 0.3 is 0 Å². The molecule has 2 atom stereocenters. The molecule has 0 spiro atoms. The molecule has 1 nitrogen and oxygen atoms in total. The average molecular weight is 126 g/mol. The Morgan fingerprint density at radius 2 is 1.67 bits per heavy atom. The highest BCUT2D eigenvalue weighted by Gasteiger charge is 2.30. The van der Waals surface area contributed by atoms with E-state index in [1.165, 1.54) is 45.2 Å². The summed E-state index contributed by atoms with van der Waals surface area (Å²) >= 11 is 0. The number of rotatable bonds is 0. The summed E-state index contributed by atoms with van der Waals surface area (Å²) in [5, 5.41) is 0. The first-order valence-electron chi connectivity index (χ1n) is 4.31. The second-order valence-electron chi connectivity index (χ2n) is 3.49. The number of fused-ring (bicyclic) bond motifs is 1. The Balaban J connectivity index is 1.97. The number of hydrogen-bond acceptors (Lipinski definition) is 0. The fourth-order valence-corrected chi connectivity index (χ4v) is 2.40. The fraction of sp³-hybridized carbons (Fsp3) is 1.00. The van der Waals surface area contributed by atoms with Crippen LogP contribution in [0.3, 0.4) is 0 Å². The quantitative estimate of drug-likeness (QED) is 0.473. The molecule has 2 saturated heterocycles. The molecule has 2 fully saturated rings. The van der Waals surface area contributed by atoms with Crippen molar-refractivity contribution in [3.8, 4) is 0 Å². The van der Waals surface area contributed by atoms with Gasteiger partial charge in [-0.2, -0.15) is 0 Å². The van der Waals surface area contributed by atoms with Crippen molar-refractivity contribution in [2.24, 2.45) is 0 Å². The van der Waals surface area contributed by atoms with Crippen LogP contribution in [0.15, 0.2) is 0 Å². The molecule has 2 heterocycles.